The number of hydrogen-bond donors (Lipinski definition) is 1. The molecule has 3 aromatic carbocycles. The number of amides is 1. The van der Waals surface area contributed by atoms with Crippen molar-refractivity contribution >= 4 is 16.8 Å². The quantitative estimate of drug-likeness (QED) is 0.504. The summed E-state index contributed by atoms with van der Waals surface area (Å²) < 4.78 is 2.08. The molecule has 0 spiro atoms. The van der Waals surface area contributed by atoms with Crippen LogP contribution in [-0.2, 0) is 0 Å². The molecule has 0 aliphatic rings. The smallest absolute Gasteiger partial charge is 0.253 e. The Morgan fingerprint density at radius 2 is 1.52 bits per heavy atom. The molecular formula is C24H22N2O. The molecule has 1 amide bonds. The van der Waals surface area contributed by atoms with Gasteiger partial charge in [0.05, 0.1) is 17.1 Å². The predicted molar refractivity (Wildman–Crippen MR) is 110 cm³/mol. The number of aromatic nitrogens is 1. The van der Waals surface area contributed by atoms with Gasteiger partial charge in [-0.2, -0.15) is 0 Å². The van der Waals surface area contributed by atoms with E-state index in [1.807, 2.05) is 79.0 Å². The van der Waals surface area contributed by atoms with E-state index >= 15 is 0 Å². The van der Waals surface area contributed by atoms with E-state index in [-0.39, 0.29) is 11.9 Å². The first-order valence-electron chi connectivity index (χ1n) is 9.29. The van der Waals surface area contributed by atoms with Crippen molar-refractivity contribution in [1.82, 2.24) is 9.88 Å². The molecule has 4 aromatic rings. The maximum absolute atomic E-state index is 13.1. The van der Waals surface area contributed by atoms with Gasteiger partial charge in [-0.3, -0.25) is 4.79 Å². The molecule has 0 radical (unpaired) electrons. The van der Waals surface area contributed by atoms with Crippen molar-refractivity contribution in [3.63, 3.8) is 0 Å². The first-order chi connectivity index (χ1) is 13.3. The monoisotopic (exact) mass is 354 g/mol. The molecule has 134 valence electrons. The molecule has 0 saturated heterocycles. The highest BCUT2D eigenvalue weighted by molar-refractivity contribution is 6.07. The summed E-state index contributed by atoms with van der Waals surface area (Å²) in [6.07, 6.45) is 2.78. The fourth-order valence-corrected chi connectivity index (χ4v) is 3.51. The summed E-state index contributed by atoms with van der Waals surface area (Å²) in [5, 5.41) is 4.16. The summed E-state index contributed by atoms with van der Waals surface area (Å²) in [5.41, 5.74) is 3.90. The van der Waals surface area contributed by atoms with Gasteiger partial charge < -0.3 is 9.88 Å². The average Bonchev–Trinajstić information content (AvgIpc) is 3.13. The Balaban J connectivity index is 1.72. The van der Waals surface area contributed by atoms with Crippen LogP contribution in [0.15, 0.2) is 91.1 Å². The maximum atomic E-state index is 13.1. The summed E-state index contributed by atoms with van der Waals surface area (Å²) >= 11 is 0. The normalized spacial score (nSPS) is 12.0. The van der Waals surface area contributed by atoms with Crippen LogP contribution in [0.3, 0.4) is 0 Å². The van der Waals surface area contributed by atoms with E-state index < -0.39 is 0 Å². The van der Waals surface area contributed by atoms with Gasteiger partial charge in [-0.25, -0.2) is 0 Å². The van der Waals surface area contributed by atoms with Crippen molar-refractivity contribution in [1.29, 1.82) is 0 Å². The second-order valence-corrected chi connectivity index (χ2v) is 6.61. The number of nitrogens with one attached hydrogen (secondary N) is 1. The molecule has 1 atom stereocenters. The minimum atomic E-state index is -0.0448. The Labute approximate surface area is 159 Å². The van der Waals surface area contributed by atoms with E-state index in [0.717, 1.165) is 28.6 Å². The van der Waals surface area contributed by atoms with Gasteiger partial charge in [-0.05, 0) is 30.2 Å². The van der Waals surface area contributed by atoms with Crippen LogP contribution < -0.4 is 5.32 Å². The third-order valence-corrected chi connectivity index (χ3v) is 4.91. The van der Waals surface area contributed by atoms with Crippen molar-refractivity contribution in [3.8, 4) is 5.69 Å². The summed E-state index contributed by atoms with van der Waals surface area (Å²) in [6, 6.07) is 28.3. The molecule has 1 heterocycles. The van der Waals surface area contributed by atoms with Gasteiger partial charge >= 0.3 is 0 Å². The Hall–Kier alpha value is -3.33. The lowest BCUT2D eigenvalue weighted by Crippen LogP contribution is -2.28. The zero-order valence-corrected chi connectivity index (χ0v) is 15.3. The van der Waals surface area contributed by atoms with Crippen LogP contribution >= 0.6 is 0 Å². The molecule has 0 aliphatic carbocycles. The number of para-hydroxylation sites is 2. The van der Waals surface area contributed by atoms with Crippen LogP contribution in [0, 0.1) is 0 Å². The van der Waals surface area contributed by atoms with Gasteiger partial charge in [0.15, 0.2) is 0 Å². The summed E-state index contributed by atoms with van der Waals surface area (Å²) in [7, 11) is 0. The van der Waals surface area contributed by atoms with Crippen molar-refractivity contribution in [3.05, 3.63) is 102 Å². The van der Waals surface area contributed by atoms with Gasteiger partial charge in [0.25, 0.3) is 5.91 Å². The summed E-state index contributed by atoms with van der Waals surface area (Å²) in [5.74, 6) is -0.0448. The van der Waals surface area contributed by atoms with E-state index in [4.69, 9.17) is 0 Å². The summed E-state index contributed by atoms with van der Waals surface area (Å²) in [6.45, 7) is 2.09. The fraction of sp³-hybridized carbons (Fsp3) is 0.125. The molecule has 4 rings (SSSR count). The molecule has 1 aromatic heterocycles. The molecule has 3 nitrogen and oxygen atoms in total. The lowest BCUT2D eigenvalue weighted by atomic mass is 10.0. The van der Waals surface area contributed by atoms with E-state index in [1.54, 1.807) is 0 Å². The number of carbonyl (C=O) groups is 1. The van der Waals surface area contributed by atoms with Crippen molar-refractivity contribution in [2.24, 2.45) is 0 Å². The average molecular weight is 354 g/mol. The number of carbonyl (C=O) groups excluding carboxylic acids is 1. The third kappa shape index (κ3) is 3.36. The van der Waals surface area contributed by atoms with Crippen molar-refractivity contribution in [2.45, 2.75) is 19.4 Å². The van der Waals surface area contributed by atoms with Crippen LogP contribution in [0.2, 0.25) is 0 Å². The number of nitrogens with zero attached hydrogens (tertiary/aromatic N) is 1. The van der Waals surface area contributed by atoms with E-state index in [0.29, 0.717) is 5.56 Å². The maximum Gasteiger partial charge on any atom is 0.253 e. The lowest BCUT2D eigenvalue weighted by Gasteiger charge is -2.17. The van der Waals surface area contributed by atoms with Crippen LogP contribution in [-0.4, -0.2) is 10.5 Å². The predicted octanol–water partition coefficient (Wildman–Crippen LogP) is 5.51. The summed E-state index contributed by atoms with van der Waals surface area (Å²) in [4.78, 5) is 13.1. The topological polar surface area (TPSA) is 34.0 Å². The van der Waals surface area contributed by atoms with Crippen LogP contribution in [0.5, 0.6) is 0 Å². The second kappa shape index (κ2) is 7.50. The van der Waals surface area contributed by atoms with Gasteiger partial charge in [-0.1, -0.05) is 73.7 Å². The first kappa shape index (κ1) is 17.1. The Morgan fingerprint density at radius 1 is 0.889 bits per heavy atom. The highest BCUT2D eigenvalue weighted by Crippen LogP contribution is 2.26. The molecule has 3 heteroatoms. The van der Waals surface area contributed by atoms with Crippen LogP contribution in [0.1, 0.15) is 35.3 Å². The molecular weight excluding hydrogens is 332 g/mol. The zero-order chi connectivity index (χ0) is 18.6. The lowest BCUT2D eigenvalue weighted by molar-refractivity contribution is 0.0937. The standard InChI is InChI=1S/C24H22N2O/c1-2-22(18-11-5-3-6-12-18)25-24(27)21-17-26(19-13-7-4-8-14-19)23-16-10-9-15-20(21)23/h3-17,22H,2H2,1H3,(H,25,27). The molecule has 0 saturated carbocycles. The fourth-order valence-electron chi connectivity index (χ4n) is 3.51. The molecule has 1 unspecified atom stereocenters. The van der Waals surface area contributed by atoms with Crippen molar-refractivity contribution < 1.29 is 4.79 Å². The van der Waals surface area contributed by atoms with Gasteiger partial charge in [0, 0.05) is 17.3 Å². The second-order valence-electron chi connectivity index (χ2n) is 6.61. The highest BCUT2D eigenvalue weighted by Gasteiger charge is 2.19. The van der Waals surface area contributed by atoms with E-state index in [1.165, 1.54) is 0 Å². The van der Waals surface area contributed by atoms with Gasteiger partial charge in [0.1, 0.15) is 0 Å². The molecule has 0 bridgehead atoms. The Kier molecular flexibility index (Phi) is 4.75. The molecule has 27 heavy (non-hydrogen) atoms. The number of rotatable bonds is 5. The SMILES string of the molecule is CCC(NC(=O)c1cn(-c2ccccc2)c2ccccc12)c1ccccc1. The van der Waals surface area contributed by atoms with Crippen LogP contribution in [0.25, 0.3) is 16.6 Å². The number of fused-ring (bicyclic) bond motifs is 1. The molecule has 0 fully saturated rings. The molecule has 1 N–H and O–H groups in total. The highest BCUT2D eigenvalue weighted by atomic mass is 16.1. The third-order valence-electron chi connectivity index (χ3n) is 4.91. The Bertz CT molecular complexity index is 1050. The number of benzene rings is 3. The van der Waals surface area contributed by atoms with Gasteiger partial charge in [-0.15, -0.1) is 0 Å². The minimum Gasteiger partial charge on any atom is -0.345 e. The van der Waals surface area contributed by atoms with Crippen LogP contribution in [0.4, 0.5) is 0 Å². The number of hydrogen-bond acceptors (Lipinski definition) is 1. The minimum absolute atomic E-state index is 0.00228. The van der Waals surface area contributed by atoms with E-state index in [2.05, 4.69) is 28.9 Å². The zero-order valence-electron chi connectivity index (χ0n) is 15.3. The largest absolute Gasteiger partial charge is 0.345 e. The Morgan fingerprint density at radius 3 is 2.22 bits per heavy atom. The van der Waals surface area contributed by atoms with E-state index in [9.17, 15) is 4.79 Å². The van der Waals surface area contributed by atoms with Crippen molar-refractivity contribution in [2.75, 3.05) is 0 Å². The first-order valence-corrected chi connectivity index (χ1v) is 9.29. The van der Waals surface area contributed by atoms with Gasteiger partial charge in [0.2, 0.25) is 0 Å². The molecule has 0 aliphatic heterocycles.